The van der Waals surface area contributed by atoms with Gasteiger partial charge in [0, 0.05) is 48.0 Å². The Morgan fingerprint density at radius 1 is 1.05 bits per heavy atom. The number of aromatic amines is 1. The van der Waals surface area contributed by atoms with Gasteiger partial charge in [-0.15, -0.1) is 0 Å². The predicted octanol–water partition coefficient (Wildman–Crippen LogP) is 5.28. The molecule has 1 aromatic heterocycles. The summed E-state index contributed by atoms with van der Waals surface area (Å²) in [6, 6.07) is 23.1. The smallest absolute Gasteiger partial charge is 0.251 e. The first-order valence-corrected chi connectivity index (χ1v) is 14.0. The second-order valence-corrected chi connectivity index (χ2v) is 11.2. The van der Waals surface area contributed by atoms with Gasteiger partial charge in [0.05, 0.1) is 24.4 Å². The zero-order chi connectivity index (χ0) is 26.3. The molecule has 2 aliphatic heterocycles. The van der Waals surface area contributed by atoms with Gasteiger partial charge in [-0.1, -0.05) is 24.3 Å². The number of rotatable bonds is 7. The van der Waals surface area contributed by atoms with E-state index in [2.05, 4.69) is 45.7 Å². The predicted molar refractivity (Wildman–Crippen MR) is 151 cm³/mol. The van der Waals surface area contributed by atoms with Crippen LogP contribution < -0.4 is 10.1 Å². The molecule has 3 aromatic carbocycles. The lowest BCUT2D eigenvalue weighted by Gasteiger charge is -2.46. The number of benzene rings is 3. The number of nitrogens with one attached hydrogen (secondary N) is 2. The summed E-state index contributed by atoms with van der Waals surface area (Å²) in [7, 11) is 2.19. The molecule has 200 valence electrons. The normalized spacial score (nSPS) is 23.1. The molecule has 3 atom stereocenters. The maximum atomic E-state index is 13.1. The Bertz CT molecular complexity index is 1480. The van der Waals surface area contributed by atoms with Crippen LogP contribution in [0.4, 0.5) is 0 Å². The molecule has 7 nitrogen and oxygen atoms in total. The Morgan fingerprint density at radius 2 is 1.82 bits per heavy atom. The van der Waals surface area contributed by atoms with Crippen molar-refractivity contribution >= 4 is 16.8 Å². The van der Waals surface area contributed by atoms with Crippen LogP contribution >= 0.6 is 0 Å². The third-order valence-electron chi connectivity index (χ3n) is 8.61. The SMILES string of the molecule is CN1[C@@H]2COC[C@H]1CC(Oc1ccc(-c3n[nH]c4ccc(C(=O)NCc5ccccc5C5CC5)cc34)cc1)C2. The van der Waals surface area contributed by atoms with E-state index in [0.29, 0.717) is 30.1 Å². The zero-order valence-corrected chi connectivity index (χ0v) is 22.2. The van der Waals surface area contributed by atoms with Crippen molar-refractivity contribution in [1.82, 2.24) is 20.4 Å². The Balaban J connectivity index is 1.05. The first-order valence-electron chi connectivity index (χ1n) is 14.0. The number of carbonyl (C=O) groups is 1. The highest BCUT2D eigenvalue weighted by Crippen LogP contribution is 2.41. The number of amides is 1. The summed E-state index contributed by atoms with van der Waals surface area (Å²) >= 11 is 0. The molecule has 1 amide bonds. The average molecular weight is 523 g/mol. The van der Waals surface area contributed by atoms with Gasteiger partial charge in [0.2, 0.25) is 0 Å². The number of ether oxygens (including phenoxy) is 2. The maximum Gasteiger partial charge on any atom is 0.251 e. The van der Waals surface area contributed by atoms with Gasteiger partial charge < -0.3 is 14.8 Å². The van der Waals surface area contributed by atoms with Gasteiger partial charge >= 0.3 is 0 Å². The van der Waals surface area contributed by atoms with Crippen molar-refractivity contribution in [1.29, 1.82) is 0 Å². The number of nitrogens with zero attached hydrogens (tertiary/aromatic N) is 2. The molecule has 7 heteroatoms. The van der Waals surface area contributed by atoms with Crippen LogP contribution in [-0.4, -0.2) is 59.5 Å². The van der Waals surface area contributed by atoms with Gasteiger partial charge in [-0.25, -0.2) is 0 Å². The summed E-state index contributed by atoms with van der Waals surface area (Å²) in [5, 5.41) is 11.7. The largest absolute Gasteiger partial charge is 0.490 e. The molecule has 2 N–H and O–H groups in total. The van der Waals surface area contributed by atoms with E-state index in [0.717, 1.165) is 54.0 Å². The topological polar surface area (TPSA) is 79.5 Å². The number of fused-ring (bicyclic) bond motifs is 3. The Morgan fingerprint density at radius 3 is 2.59 bits per heavy atom. The van der Waals surface area contributed by atoms with Crippen molar-refractivity contribution in [3.8, 4) is 17.0 Å². The van der Waals surface area contributed by atoms with Gasteiger partial charge in [-0.2, -0.15) is 5.10 Å². The van der Waals surface area contributed by atoms with E-state index >= 15 is 0 Å². The lowest BCUT2D eigenvalue weighted by Crippen LogP contribution is -2.57. The van der Waals surface area contributed by atoms with Crippen molar-refractivity contribution in [2.75, 3.05) is 20.3 Å². The molecule has 7 rings (SSSR count). The molecule has 39 heavy (non-hydrogen) atoms. The molecule has 3 fully saturated rings. The summed E-state index contributed by atoms with van der Waals surface area (Å²) in [5.41, 5.74) is 5.92. The Kier molecular flexibility index (Phi) is 6.33. The first kappa shape index (κ1) is 24.4. The molecule has 3 heterocycles. The van der Waals surface area contributed by atoms with Gasteiger partial charge in [0.15, 0.2) is 0 Å². The number of aromatic nitrogens is 2. The Labute approximate surface area is 228 Å². The van der Waals surface area contributed by atoms with E-state index in [1.807, 2.05) is 48.5 Å². The summed E-state index contributed by atoms with van der Waals surface area (Å²) in [6.07, 6.45) is 4.65. The van der Waals surface area contributed by atoms with Gasteiger partial charge in [0.25, 0.3) is 5.91 Å². The third kappa shape index (κ3) is 4.92. The van der Waals surface area contributed by atoms with Crippen molar-refractivity contribution in [2.45, 2.75) is 56.3 Å². The zero-order valence-electron chi connectivity index (χ0n) is 22.2. The van der Waals surface area contributed by atoms with Crippen LogP contribution in [0.3, 0.4) is 0 Å². The number of morpholine rings is 1. The van der Waals surface area contributed by atoms with Crippen LogP contribution in [0, 0.1) is 0 Å². The van der Waals surface area contributed by atoms with Crippen molar-refractivity contribution in [2.24, 2.45) is 0 Å². The van der Waals surface area contributed by atoms with Gasteiger partial charge in [-0.3, -0.25) is 14.8 Å². The summed E-state index contributed by atoms with van der Waals surface area (Å²) < 4.78 is 12.1. The van der Waals surface area contributed by atoms with E-state index in [9.17, 15) is 4.79 Å². The minimum absolute atomic E-state index is 0.0771. The van der Waals surface area contributed by atoms with Crippen LogP contribution in [0.1, 0.15) is 53.1 Å². The number of carbonyl (C=O) groups excluding carboxylic acids is 1. The van der Waals surface area contributed by atoms with Crippen LogP contribution in [0.15, 0.2) is 66.7 Å². The minimum Gasteiger partial charge on any atom is -0.490 e. The minimum atomic E-state index is -0.0771. The molecule has 0 spiro atoms. The number of H-pyrrole nitrogens is 1. The standard InChI is InChI=1S/C32H34N4O3/c1-36-24-15-27(16-25(36)19-38-18-24)39-26-11-8-21(9-12-26)31-29-14-22(10-13-30(29)34-35-31)32(37)33-17-23-4-2-3-5-28(23)20-6-7-20/h2-5,8-14,20,24-25,27H,6-7,15-19H2,1H3,(H,33,37)(H,34,35)/t24-,25+,27?. The molecule has 4 aromatic rings. The molecule has 1 unspecified atom stereocenters. The average Bonchev–Trinajstić information content (AvgIpc) is 3.71. The maximum absolute atomic E-state index is 13.1. The fourth-order valence-corrected chi connectivity index (χ4v) is 6.17. The van der Waals surface area contributed by atoms with Crippen LogP contribution in [0.2, 0.25) is 0 Å². The molecule has 0 radical (unpaired) electrons. The van der Waals surface area contributed by atoms with Crippen LogP contribution in [0.5, 0.6) is 5.75 Å². The van der Waals surface area contributed by atoms with Gasteiger partial charge in [0.1, 0.15) is 11.9 Å². The lowest BCUT2D eigenvalue weighted by atomic mass is 9.92. The van der Waals surface area contributed by atoms with E-state index in [1.165, 1.54) is 24.0 Å². The second-order valence-electron chi connectivity index (χ2n) is 11.2. The molecule has 2 bridgehead atoms. The third-order valence-corrected chi connectivity index (χ3v) is 8.61. The lowest BCUT2D eigenvalue weighted by molar-refractivity contribution is -0.0879. The molecular weight excluding hydrogens is 488 g/mol. The number of hydrogen-bond acceptors (Lipinski definition) is 5. The van der Waals surface area contributed by atoms with Crippen molar-refractivity contribution in [3.63, 3.8) is 0 Å². The molecule has 3 aliphatic rings. The van der Waals surface area contributed by atoms with Gasteiger partial charge in [-0.05, 0) is 79.4 Å². The quantitative estimate of drug-likeness (QED) is 0.345. The van der Waals surface area contributed by atoms with Crippen molar-refractivity contribution < 1.29 is 14.3 Å². The fraction of sp³-hybridized carbons (Fsp3) is 0.375. The van der Waals surface area contributed by atoms with E-state index < -0.39 is 0 Å². The first-order chi connectivity index (χ1) is 19.1. The van der Waals surface area contributed by atoms with E-state index in [-0.39, 0.29) is 12.0 Å². The van der Waals surface area contributed by atoms with Crippen molar-refractivity contribution in [3.05, 3.63) is 83.4 Å². The highest BCUT2D eigenvalue weighted by atomic mass is 16.5. The highest BCUT2D eigenvalue weighted by molar-refractivity contribution is 6.01. The summed E-state index contributed by atoms with van der Waals surface area (Å²) in [4.78, 5) is 15.5. The molecule has 2 saturated heterocycles. The summed E-state index contributed by atoms with van der Waals surface area (Å²) in [6.45, 7) is 2.10. The monoisotopic (exact) mass is 522 g/mol. The number of hydrogen-bond donors (Lipinski definition) is 2. The molecular formula is C32H34N4O3. The Hall–Kier alpha value is -3.68. The fourth-order valence-electron chi connectivity index (χ4n) is 6.17. The summed E-state index contributed by atoms with van der Waals surface area (Å²) in [5.74, 6) is 1.45. The van der Waals surface area contributed by atoms with E-state index in [1.54, 1.807) is 0 Å². The highest BCUT2D eigenvalue weighted by Gasteiger charge is 2.37. The van der Waals surface area contributed by atoms with E-state index in [4.69, 9.17) is 9.47 Å². The van der Waals surface area contributed by atoms with Crippen LogP contribution in [0.25, 0.3) is 22.2 Å². The number of likely N-dealkylation sites (N-methyl/N-ethyl adjacent to an activating group) is 1. The number of piperidine rings is 1. The molecule has 1 saturated carbocycles. The van der Waals surface area contributed by atoms with Crippen LogP contribution in [-0.2, 0) is 11.3 Å². The second kappa shape index (κ2) is 10.1. The molecule has 1 aliphatic carbocycles.